The summed E-state index contributed by atoms with van der Waals surface area (Å²) in [5.74, 6) is -0.333. The van der Waals surface area contributed by atoms with Crippen molar-refractivity contribution in [2.75, 3.05) is 18.1 Å². The molecular weight excluding hydrogens is 206 g/mol. The zero-order valence-electron chi connectivity index (χ0n) is 9.12. The van der Waals surface area contributed by atoms with E-state index in [1.165, 1.54) is 0 Å². The average molecular weight is 221 g/mol. The van der Waals surface area contributed by atoms with Crippen LogP contribution >= 0.6 is 0 Å². The van der Waals surface area contributed by atoms with Crippen LogP contribution in [0.25, 0.3) is 0 Å². The maximum Gasteiger partial charge on any atom is 0.224 e. The van der Waals surface area contributed by atoms with Gasteiger partial charge in [-0.3, -0.25) is 9.59 Å². The summed E-state index contributed by atoms with van der Waals surface area (Å²) in [5, 5.41) is 5.13. The molecular formula is C11H15N3O2. The van der Waals surface area contributed by atoms with Crippen molar-refractivity contribution in [2.24, 2.45) is 0 Å². The van der Waals surface area contributed by atoms with Crippen molar-refractivity contribution in [1.29, 1.82) is 0 Å². The number of nitrogen functional groups attached to an aromatic ring is 1. The minimum Gasteiger partial charge on any atom is -0.399 e. The lowest BCUT2D eigenvalue weighted by Crippen LogP contribution is -2.20. The molecule has 1 aromatic carbocycles. The topological polar surface area (TPSA) is 84.2 Å². The maximum atomic E-state index is 11.4. The Labute approximate surface area is 94.0 Å². The van der Waals surface area contributed by atoms with Gasteiger partial charge in [-0.15, -0.1) is 0 Å². The van der Waals surface area contributed by atoms with Gasteiger partial charge in [-0.2, -0.15) is 0 Å². The Kier molecular flexibility index (Phi) is 4.32. The third kappa shape index (κ3) is 4.00. The van der Waals surface area contributed by atoms with Crippen LogP contribution in [0, 0.1) is 0 Å². The van der Waals surface area contributed by atoms with Crippen LogP contribution in [0.4, 0.5) is 11.4 Å². The van der Waals surface area contributed by atoms with Gasteiger partial charge in [0.15, 0.2) is 0 Å². The van der Waals surface area contributed by atoms with E-state index in [1.807, 2.05) is 0 Å². The Hall–Kier alpha value is -2.04. The minimum absolute atomic E-state index is 0.146. The van der Waals surface area contributed by atoms with Gasteiger partial charge in [-0.1, -0.05) is 0 Å². The van der Waals surface area contributed by atoms with Crippen molar-refractivity contribution in [3.05, 3.63) is 24.3 Å². The second kappa shape index (κ2) is 5.75. The van der Waals surface area contributed by atoms with E-state index in [2.05, 4.69) is 10.6 Å². The third-order valence-corrected chi connectivity index (χ3v) is 2.05. The summed E-state index contributed by atoms with van der Waals surface area (Å²) in [6.07, 6.45) is 0.362. The maximum absolute atomic E-state index is 11.4. The summed E-state index contributed by atoms with van der Waals surface area (Å²) in [6, 6.07) is 6.84. The van der Waals surface area contributed by atoms with Crippen molar-refractivity contribution in [3.8, 4) is 0 Å². The fourth-order valence-electron chi connectivity index (χ4n) is 1.14. The van der Waals surface area contributed by atoms with Crippen LogP contribution in [0.5, 0.6) is 0 Å². The highest BCUT2D eigenvalue weighted by Crippen LogP contribution is 2.10. The number of carbonyl (C=O) groups excluding carboxylic acids is 2. The molecule has 0 bridgehead atoms. The smallest absolute Gasteiger partial charge is 0.224 e. The average Bonchev–Trinajstić information content (AvgIpc) is 2.29. The Morgan fingerprint density at radius 2 is 1.69 bits per heavy atom. The summed E-state index contributed by atoms with van der Waals surface area (Å²) in [7, 11) is 1.54. The van der Waals surface area contributed by atoms with Crippen molar-refractivity contribution in [3.63, 3.8) is 0 Å². The predicted octanol–water partition coefficient (Wildman–Crippen LogP) is 0.733. The number of carbonyl (C=O) groups is 2. The summed E-state index contributed by atoms with van der Waals surface area (Å²) < 4.78 is 0. The van der Waals surface area contributed by atoms with Crippen molar-refractivity contribution >= 4 is 23.2 Å². The summed E-state index contributed by atoms with van der Waals surface area (Å²) >= 11 is 0. The first-order chi connectivity index (χ1) is 7.61. The molecule has 0 saturated carbocycles. The van der Waals surface area contributed by atoms with Gasteiger partial charge in [0.25, 0.3) is 0 Å². The van der Waals surface area contributed by atoms with E-state index in [4.69, 9.17) is 5.73 Å². The number of hydrogen-bond donors (Lipinski definition) is 3. The zero-order valence-corrected chi connectivity index (χ0v) is 9.12. The lowest BCUT2D eigenvalue weighted by molar-refractivity contribution is -0.124. The molecule has 0 spiro atoms. The fourth-order valence-corrected chi connectivity index (χ4v) is 1.14. The molecule has 5 heteroatoms. The molecule has 0 aliphatic rings. The highest BCUT2D eigenvalue weighted by Gasteiger charge is 2.05. The van der Waals surface area contributed by atoms with Gasteiger partial charge in [0.2, 0.25) is 11.8 Å². The lowest BCUT2D eigenvalue weighted by Gasteiger charge is -2.04. The molecule has 0 aromatic heterocycles. The summed E-state index contributed by atoms with van der Waals surface area (Å²) in [4.78, 5) is 22.3. The van der Waals surface area contributed by atoms with Gasteiger partial charge in [0.1, 0.15) is 0 Å². The number of amides is 2. The van der Waals surface area contributed by atoms with E-state index >= 15 is 0 Å². The third-order valence-electron chi connectivity index (χ3n) is 2.05. The molecule has 1 rings (SSSR count). The van der Waals surface area contributed by atoms with E-state index in [1.54, 1.807) is 31.3 Å². The second-order valence-electron chi connectivity index (χ2n) is 3.34. The van der Waals surface area contributed by atoms with Gasteiger partial charge in [0, 0.05) is 31.3 Å². The van der Waals surface area contributed by atoms with Crippen LogP contribution in [0.2, 0.25) is 0 Å². The largest absolute Gasteiger partial charge is 0.399 e. The monoisotopic (exact) mass is 221 g/mol. The second-order valence-corrected chi connectivity index (χ2v) is 3.34. The van der Waals surface area contributed by atoms with Crippen LogP contribution in [-0.2, 0) is 9.59 Å². The number of rotatable bonds is 4. The molecule has 0 saturated heterocycles. The molecule has 4 N–H and O–H groups in total. The van der Waals surface area contributed by atoms with E-state index < -0.39 is 0 Å². The van der Waals surface area contributed by atoms with E-state index in [9.17, 15) is 9.59 Å². The molecule has 2 amide bonds. The number of benzene rings is 1. The van der Waals surface area contributed by atoms with Crippen molar-refractivity contribution in [1.82, 2.24) is 5.32 Å². The first kappa shape index (κ1) is 12.0. The first-order valence-corrected chi connectivity index (χ1v) is 4.98. The quantitative estimate of drug-likeness (QED) is 0.655. The first-order valence-electron chi connectivity index (χ1n) is 4.98. The van der Waals surface area contributed by atoms with Crippen LogP contribution in [0.15, 0.2) is 24.3 Å². The fraction of sp³-hybridized carbons (Fsp3) is 0.273. The normalized spacial score (nSPS) is 9.56. The Bertz CT molecular complexity index is 373. The van der Waals surface area contributed by atoms with Gasteiger partial charge < -0.3 is 16.4 Å². The van der Waals surface area contributed by atoms with Crippen LogP contribution < -0.4 is 16.4 Å². The van der Waals surface area contributed by atoms with Crippen LogP contribution in [-0.4, -0.2) is 18.9 Å². The number of nitrogens with two attached hydrogens (primary N) is 1. The molecule has 5 nitrogen and oxygen atoms in total. The van der Waals surface area contributed by atoms with E-state index in [-0.39, 0.29) is 24.7 Å². The number of anilines is 2. The molecule has 0 fully saturated rings. The van der Waals surface area contributed by atoms with Gasteiger partial charge in [-0.25, -0.2) is 0 Å². The Morgan fingerprint density at radius 3 is 2.25 bits per heavy atom. The molecule has 0 unspecified atom stereocenters. The lowest BCUT2D eigenvalue weighted by atomic mass is 10.2. The number of nitrogens with one attached hydrogen (secondary N) is 2. The van der Waals surface area contributed by atoms with Gasteiger partial charge in [0.05, 0.1) is 0 Å². The van der Waals surface area contributed by atoms with Gasteiger partial charge in [-0.05, 0) is 24.3 Å². The van der Waals surface area contributed by atoms with Crippen LogP contribution in [0.3, 0.4) is 0 Å². The summed E-state index contributed by atoms with van der Waals surface area (Å²) in [6.45, 7) is 0. The highest BCUT2D eigenvalue weighted by molar-refractivity contribution is 5.93. The van der Waals surface area contributed by atoms with Gasteiger partial charge >= 0.3 is 0 Å². The molecule has 16 heavy (non-hydrogen) atoms. The Morgan fingerprint density at radius 1 is 1.12 bits per heavy atom. The molecule has 0 radical (unpaired) electrons. The molecule has 1 aromatic rings. The van der Waals surface area contributed by atoms with Crippen molar-refractivity contribution in [2.45, 2.75) is 12.8 Å². The molecule has 0 atom stereocenters. The highest BCUT2D eigenvalue weighted by atomic mass is 16.2. The van der Waals surface area contributed by atoms with E-state index in [0.717, 1.165) is 0 Å². The predicted molar refractivity (Wildman–Crippen MR) is 62.8 cm³/mol. The van der Waals surface area contributed by atoms with E-state index in [0.29, 0.717) is 11.4 Å². The van der Waals surface area contributed by atoms with Crippen LogP contribution in [0.1, 0.15) is 12.8 Å². The zero-order chi connectivity index (χ0) is 12.0. The van der Waals surface area contributed by atoms with Crippen molar-refractivity contribution < 1.29 is 9.59 Å². The molecule has 0 heterocycles. The Balaban J connectivity index is 2.40. The standard InChI is InChI=1S/C11H15N3O2/c1-13-10(15)6-7-11(16)14-9-4-2-8(12)3-5-9/h2-5H,6-7,12H2,1H3,(H,13,15)(H,14,16). The molecule has 86 valence electrons. The SMILES string of the molecule is CNC(=O)CCC(=O)Nc1ccc(N)cc1. The molecule has 0 aliphatic carbocycles. The number of hydrogen-bond acceptors (Lipinski definition) is 3. The molecule has 0 aliphatic heterocycles. The minimum atomic E-state index is -0.187. The summed E-state index contributed by atoms with van der Waals surface area (Å²) in [5.41, 5.74) is 6.83.